The van der Waals surface area contributed by atoms with Gasteiger partial charge < -0.3 is 20.1 Å². The highest BCUT2D eigenvalue weighted by Crippen LogP contribution is 2.35. The second-order valence-corrected chi connectivity index (χ2v) is 5.45. The molecule has 2 unspecified atom stereocenters. The lowest BCUT2D eigenvalue weighted by molar-refractivity contribution is 0.171. The Balaban J connectivity index is 1.80. The summed E-state index contributed by atoms with van der Waals surface area (Å²) in [6.07, 6.45) is 4.82. The molecule has 1 aliphatic heterocycles. The molecule has 2 aliphatic rings. The van der Waals surface area contributed by atoms with Gasteiger partial charge in [-0.05, 0) is 25.0 Å². The topological polar surface area (TPSA) is 47.7 Å². The van der Waals surface area contributed by atoms with Crippen molar-refractivity contribution < 1.29 is 9.47 Å². The zero-order chi connectivity index (χ0) is 13.2. The third kappa shape index (κ3) is 2.50. The summed E-state index contributed by atoms with van der Waals surface area (Å²) in [6.45, 7) is 1.26. The molecule has 4 heteroatoms. The zero-order valence-electron chi connectivity index (χ0n) is 11.5. The smallest absolute Gasteiger partial charge is 0.163 e. The Kier molecular flexibility index (Phi) is 3.51. The summed E-state index contributed by atoms with van der Waals surface area (Å²) >= 11 is 0. The van der Waals surface area contributed by atoms with Crippen LogP contribution in [0.3, 0.4) is 0 Å². The van der Waals surface area contributed by atoms with Gasteiger partial charge in [-0.25, -0.2) is 0 Å². The molecule has 0 bridgehead atoms. The van der Waals surface area contributed by atoms with E-state index in [-0.39, 0.29) is 6.04 Å². The van der Waals surface area contributed by atoms with Crippen molar-refractivity contribution in [2.45, 2.75) is 37.8 Å². The van der Waals surface area contributed by atoms with Crippen LogP contribution in [0.4, 0.5) is 5.69 Å². The van der Waals surface area contributed by atoms with Crippen LogP contribution in [0.1, 0.15) is 25.7 Å². The number of likely N-dealkylation sites (N-methyl/N-ethyl adjacent to an activating group) is 1. The van der Waals surface area contributed by atoms with Crippen molar-refractivity contribution in [3.8, 4) is 11.5 Å². The zero-order valence-corrected chi connectivity index (χ0v) is 11.5. The van der Waals surface area contributed by atoms with E-state index in [2.05, 4.69) is 24.1 Å². The molecule has 4 nitrogen and oxygen atoms in total. The van der Waals surface area contributed by atoms with Gasteiger partial charge in [-0.2, -0.15) is 0 Å². The molecule has 1 aliphatic carbocycles. The average molecular weight is 262 g/mol. The van der Waals surface area contributed by atoms with Gasteiger partial charge in [-0.3, -0.25) is 0 Å². The highest BCUT2D eigenvalue weighted by molar-refractivity contribution is 5.57. The van der Waals surface area contributed by atoms with Crippen LogP contribution in [0.5, 0.6) is 11.5 Å². The van der Waals surface area contributed by atoms with Gasteiger partial charge in [0.1, 0.15) is 13.2 Å². The maximum absolute atomic E-state index is 6.26. The number of rotatable bonds is 2. The van der Waals surface area contributed by atoms with E-state index in [1.165, 1.54) is 19.3 Å². The normalized spacial score (nSPS) is 26.0. The third-order valence-electron chi connectivity index (χ3n) is 4.21. The molecule has 0 radical (unpaired) electrons. The van der Waals surface area contributed by atoms with Crippen molar-refractivity contribution in [2.75, 3.05) is 25.2 Å². The van der Waals surface area contributed by atoms with E-state index in [1.807, 2.05) is 6.07 Å². The van der Waals surface area contributed by atoms with Gasteiger partial charge in [0.15, 0.2) is 11.5 Å². The summed E-state index contributed by atoms with van der Waals surface area (Å²) in [5, 5.41) is 0. The van der Waals surface area contributed by atoms with Crippen LogP contribution >= 0.6 is 0 Å². The van der Waals surface area contributed by atoms with Crippen molar-refractivity contribution in [3.05, 3.63) is 18.2 Å². The second kappa shape index (κ2) is 5.29. The summed E-state index contributed by atoms with van der Waals surface area (Å²) in [6, 6.07) is 6.85. The van der Waals surface area contributed by atoms with E-state index < -0.39 is 0 Å². The van der Waals surface area contributed by atoms with Crippen LogP contribution in [0.15, 0.2) is 18.2 Å². The van der Waals surface area contributed by atoms with Crippen LogP contribution < -0.4 is 20.1 Å². The van der Waals surface area contributed by atoms with E-state index >= 15 is 0 Å². The Bertz CT molecular complexity index is 450. The quantitative estimate of drug-likeness (QED) is 0.887. The van der Waals surface area contributed by atoms with Crippen LogP contribution in [0.25, 0.3) is 0 Å². The highest BCUT2D eigenvalue weighted by Gasteiger charge is 2.26. The fourth-order valence-corrected chi connectivity index (χ4v) is 3.06. The number of hydrogen-bond donors (Lipinski definition) is 1. The Morgan fingerprint density at radius 3 is 2.63 bits per heavy atom. The van der Waals surface area contributed by atoms with Crippen LogP contribution in [0.2, 0.25) is 0 Å². The molecule has 1 saturated carbocycles. The van der Waals surface area contributed by atoms with Gasteiger partial charge in [-0.15, -0.1) is 0 Å². The van der Waals surface area contributed by atoms with Gasteiger partial charge in [0.05, 0.1) is 0 Å². The molecule has 0 aromatic heterocycles. The van der Waals surface area contributed by atoms with E-state index in [1.54, 1.807) is 0 Å². The van der Waals surface area contributed by atoms with Crippen molar-refractivity contribution in [2.24, 2.45) is 5.73 Å². The van der Waals surface area contributed by atoms with Crippen molar-refractivity contribution in [3.63, 3.8) is 0 Å². The molecule has 19 heavy (non-hydrogen) atoms. The van der Waals surface area contributed by atoms with Crippen molar-refractivity contribution in [1.82, 2.24) is 0 Å². The monoisotopic (exact) mass is 262 g/mol. The molecule has 1 heterocycles. The summed E-state index contributed by atoms with van der Waals surface area (Å²) in [5.41, 5.74) is 7.42. The second-order valence-electron chi connectivity index (χ2n) is 5.45. The largest absolute Gasteiger partial charge is 0.486 e. The van der Waals surface area contributed by atoms with Crippen LogP contribution in [-0.2, 0) is 0 Å². The van der Waals surface area contributed by atoms with Gasteiger partial charge in [0, 0.05) is 30.9 Å². The molecule has 104 valence electrons. The highest BCUT2D eigenvalue weighted by atomic mass is 16.6. The minimum absolute atomic E-state index is 0.270. The molecule has 1 fully saturated rings. The molecule has 2 N–H and O–H groups in total. The van der Waals surface area contributed by atoms with E-state index in [0.717, 1.165) is 23.6 Å². The molecule has 0 amide bonds. The lowest BCUT2D eigenvalue weighted by atomic mass is 9.90. The summed E-state index contributed by atoms with van der Waals surface area (Å²) < 4.78 is 11.2. The first kappa shape index (κ1) is 12.6. The molecule has 0 saturated heterocycles. The number of fused-ring (bicyclic) bond motifs is 1. The molecule has 3 rings (SSSR count). The Morgan fingerprint density at radius 1 is 1.11 bits per heavy atom. The number of hydrogen-bond acceptors (Lipinski definition) is 4. The Morgan fingerprint density at radius 2 is 1.84 bits per heavy atom. The fraction of sp³-hybridized carbons (Fsp3) is 0.600. The number of anilines is 1. The van der Waals surface area contributed by atoms with Gasteiger partial charge >= 0.3 is 0 Å². The third-order valence-corrected chi connectivity index (χ3v) is 4.21. The number of benzene rings is 1. The molecular weight excluding hydrogens is 240 g/mol. The minimum Gasteiger partial charge on any atom is -0.486 e. The minimum atomic E-state index is 0.270. The van der Waals surface area contributed by atoms with Crippen LogP contribution in [-0.4, -0.2) is 32.3 Å². The van der Waals surface area contributed by atoms with Gasteiger partial charge in [0.25, 0.3) is 0 Å². The molecular formula is C15H22N2O2. The Hall–Kier alpha value is -1.42. The average Bonchev–Trinajstić information content (AvgIpc) is 2.46. The van der Waals surface area contributed by atoms with Crippen molar-refractivity contribution >= 4 is 5.69 Å². The summed E-state index contributed by atoms with van der Waals surface area (Å²) in [7, 11) is 2.13. The molecule has 1 aromatic carbocycles. The molecule has 2 atom stereocenters. The van der Waals surface area contributed by atoms with Crippen LogP contribution in [0, 0.1) is 0 Å². The standard InChI is InChI=1S/C15H22N2O2/c1-17(13-5-3-2-4-12(13)16)11-6-7-14-15(10-11)19-9-8-18-14/h6-7,10,12-13H,2-5,8-9,16H2,1H3. The van der Waals surface area contributed by atoms with E-state index in [0.29, 0.717) is 19.3 Å². The molecule has 1 aromatic rings. The number of nitrogens with two attached hydrogens (primary N) is 1. The predicted octanol–water partition coefficient (Wildman–Crippen LogP) is 2.16. The number of ether oxygens (including phenoxy) is 2. The first-order chi connectivity index (χ1) is 9.25. The van der Waals surface area contributed by atoms with Crippen molar-refractivity contribution in [1.29, 1.82) is 0 Å². The van der Waals surface area contributed by atoms with E-state index in [4.69, 9.17) is 15.2 Å². The molecule has 0 spiro atoms. The predicted molar refractivity (Wildman–Crippen MR) is 76.1 cm³/mol. The summed E-state index contributed by atoms with van der Waals surface area (Å²) in [4.78, 5) is 2.29. The lowest BCUT2D eigenvalue weighted by Gasteiger charge is -2.37. The first-order valence-electron chi connectivity index (χ1n) is 7.14. The lowest BCUT2D eigenvalue weighted by Crippen LogP contribution is -2.48. The fourth-order valence-electron chi connectivity index (χ4n) is 3.06. The summed E-state index contributed by atoms with van der Waals surface area (Å²) in [5.74, 6) is 1.69. The first-order valence-corrected chi connectivity index (χ1v) is 7.14. The maximum atomic E-state index is 6.26. The van der Waals surface area contributed by atoms with Gasteiger partial charge in [0.2, 0.25) is 0 Å². The maximum Gasteiger partial charge on any atom is 0.163 e. The Labute approximate surface area is 114 Å². The number of nitrogens with zero attached hydrogens (tertiary/aromatic N) is 1. The SMILES string of the molecule is CN(c1ccc2c(c1)OCCO2)C1CCCCC1N. The van der Waals surface area contributed by atoms with E-state index in [9.17, 15) is 0 Å². The van der Waals surface area contributed by atoms with Gasteiger partial charge in [-0.1, -0.05) is 12.8 Å².